The predicted octanol–water partition coefficient (Wildman–Crippen LogP) is 1.07. The zero-order valence-electron chi connectivity index (χ0n) is 9.58. The van der Waals surface area contributed by atoms with E-state index in [0.29, 0.717) is 11.5 Å². The average Bonchev–Trinajstić information content (AvgIpc) is 2.89. The Labute approximate surface area is 102 Å². The maximum atomic E-state index is 11.4. The molecule has 18 heavy (non-hydrogen) atoms. The molecule has 6 nitrogen and oxygen atoms in total. The van der Waals surface area contributed by atoms with Gasteiger partial charge in [-0.1, -0.05) is 0 Å². The van der Waals surface area contributed by atoms with Gasteiger partial charge in [0.15, 0.2) is 5.82 Å². The zero-order valence-corrected chi connectivity index (χ0v) is 9.58. The van der Waals surface area contributed by atoms with Crippen LogP contribution in [0.3, 0.4) is 0 Å². The van der Waals surface area contributed by atoms with Crippen molar-refractivity contribution in [3.63, 3.8) is 0 Å². The summed E-state index contributed by atoms with van der Waals surface area (Å²) in [6.45, 7) is 0. The van der Waals surface area contributed by atoms with Gasteiger partial charge in [0, 0.05) is 30.6 Å². The van der Waals surface area contributed by atoms with E-state index in [1.165, 1.54) is 7.05 Å². The minimum absolute atomic E-state index is 0.0989. The van der Waals surface area contributed by atoms with Crippen molar-refractivity contribution in [2.75, 3.05) is 0 Å². The van der Waals surface area contributed by atoms with Crippen LogP contribution in [0, 0.1) is 0 Å². The molecule has 2 aromatic rings. The summed E-state index contributed by atoms with van der Waals surface area (Å²) in [6.07, 6.45) is 5.00. The fraction of sp³-hybridized carbons (Fsp3) is 0.0833. The molecule has 1 aliphatic heterocycles. The number of hydrogen-bond acceptors (Lipinski definition) is 4. The number of pyridine rings is 1. The van der Waals surface area contributed by atoms with Crippen LogP contribution in [0.25, 0.3) is 11.6 Å². The van der Waals surface area contributed by atoms with Gasteiger partial charge in [-0.2, -0.15) is 0 Å². The molecule has 2 N–H and O–H groups in total. The first kappa shape index (κ1) is 10.5. The first-order chi connectivity index (χ1) is 8.66. The van der Waals surface area contributed by atoms with E-state index in [-0.39, 0.29) is 11.6 Å². The molecule has 2 aromatic heterocycles. The Hall–Kier alpha value is -2.63. The summed E-state index contributed by atoms with van der Waals surface area (Å²) in [5.74, 6) is 0.541. The van der Waals surface area contributed by atoms with Crippen molar-refractivity contribution in [1.82, 2.24) is 14.5 Å². The highest BCUT2D eigenvalue weighted by Crippen LogP contribution is 2.30. The molecule has 0 atom stereocenters. The van der Waals surface area contributed by atoms with E-state index in [9.17, 15) is 9.90 Å². The Morgan fingerprint density at radius 1 is 1.50 bits per heavy atom. The number of hydrogen-bond donors (Lipinski definition) is 2. The number of allylic oxidation sites excluding steroid dienone is 1. The monoisotopic (exact) mass is 242 g/mol. The lowest BCUT2D eigenvalue weighted by molar-refractivity contribution is 0.428. The third kappa shape index (κ3) is 1.46. The number of imidazole rings is 1. The summed E-state index contributed by atoms with van der Waals surface area (Å²) in [5.41, 5.74) is 1.68. The quantitative estimate of drug-likeness (QED) is 0.784. The lowest BCUT2D eigenvalue weighted by atomic mass is 10.1. The molecular weight excluding hydrogens is 232 g/mol. The van der Waals surface area contributed by atoms with Crippen LogP contribution in [0.15, 0.2) is 28.1 Å². The van der Waals surface area contributed by atoms with Crippen LogP contribution < -0.4 is 5.69 Å². The molecule has 0 fully saturated rings. The van der Waals surface area contributed by atoms with E-state index < -0.39 is 0 Å². The smallest absolute Gasteiger partial charge is 0.328 e. The van der Waals surface area contributed by atoms with E-state index in [1.807, 2.05) is 12.1 Å². The lowest BCUT2D eigenvalue weighted by Crippen LogP contribution is -2.11. The average molecular weight is 242 g/mol. The van der Waals surface area contributed by atoms with Gasteiger partial charge in [0.1, 0.15) is 5.69 Å². The van der Waals surface area contributed by atoms with Crippen molar-refractivity contribution < 1.29 is 5.11 Å². The SMILES string of the molecule is Cn1c(O)c(C=C2C=Nc3ncccc32)[nH]c1=O. The minimum atomic E-state index is -0.360. The van der Waals surface area contributed by atoms with Crippen molar-refractivity contribution in [2.24, 2.45) is 12.0 Å². The fourth-order valence-electron chi connectivity index (χ4n) is 1.83. The number of nitrogens with zero attached hydrogens (tertiary/aromatic N) is 3. The molecule has 0 bridgehead atoms. The Morgan fingerprint density at radius 2 is 2.33 bits per heavy atom. The maximum Gasteiger partial charge on any atom is 0.328 e. The minimum Gasteiger partial charge on any atom is -0.493 e. The molecule has 0 unspecified atom stereocenters. The van der Waals surface area contributed by atoms with Crippen molar-refractivity contribution in [3.05, 3.63) is 40.1 Å². The molecule has 6 heteroatoms. The predicted molar refractivity (Wildman–Crippen MR) is 68.0 cm³/mol. The Balaban J connectivity index is 2.12. The summed E-state index contributed by atoms with van der Waals surface area (Å²) < 4.78 is 1.14. The van der Waals surface area contributed by atoms with Gasteiger partial charge >= 0.3 is 5.69 Å². The maximum absolute atomic E-state index is 11.4. The summed E-state index contributed by atoms with van der Waals surface area (Å²) in [7, 11) is 1.49. The number of rotatable bonds is 1. The number of aromatic hydroxyl groups is 1. The third-order valence-electron chi connectivity index (χ3n) is 2.83. The summed E-state index contributed by atoms with van der Waals surface area (Å²) >= 11 is 0. The van der Waals surface area contributed by atoms with Crippen LogP contribution in [0.2, 0.25) is 0 Å². The second-order valence-corrected chi connectivity index (χ2v) is 3.96. The normalized spacial score (nSPS) is 15.3. The van der Waals surface area contributed by atoms with Crippen LogP contribution in [-0.2, 0) is 7.05 Å². The van der Waals surface area contributed by atoms with Crippen LogP contribution >= 0.6 is 0 Å². The van der Waals surface area contributed by atoms with E-state index in [1.54, 1.807) is 18.5 Å². The van der Waals surface area contributed by atoms with E-state index >= 15 is 0 Å². The highest BCUT2D eigenvalue weighted by atomic mass is 16.3. The summed E-state index contributed by atoms with van der Waals surface area (Å²) in [5, 5.41) is 9.75. The molecule has 0 aromatic carbocycles. The Bertz CT molecular complexity index is 737. The number of H-pyrrole nitrogens is 1. The molecule has 0 radical (unpaired) electrons. The molecule has 3 rings (SSSR count). The molecule has 0 saturated carbocycles. The second-order valence-electron chi connectivity index (χ2n) is 3.96. The van der Waals surface area contributed by atoms with Gasteiger partial charge < -0.3 is 10.1 Å². The standard InChI is InChI=1S/C12H10N4O2/c1-16-11(17)9(15-12(16)18)5-7-6-14-10-8(7)3-2-4-13-10/h2-6,17H,1H3,(H,15,18). The molecule has 0 spiro atoms. The van der Waals surface area contributed by atoms with Gasteiger partial charge in [-0.15, -0.1) is 0 Å². The Kier molecular flexibility index (Phi) is 2.16. The molecule has 0 amide bonds. The van der Waals surface area contributed by atoms with E-state index in [2.05, 4.69) is 15.0 Å². The Morgan fingerprint density at radius 3 is 3.06 bits per heavy atom. The molecule has 0 aliphatic carbocycles. The van der Waals surface area contributed by atoms with Crippen molar-refractivity contribution >= 4 is 23.7 Å². The first-order valence-electron chi connectivity index (χ1n) is 5.36. The molecule has 0 saturated heterocycles. The third-order valence-corrected chi connectivity index (χ3v) is 2.83. The van der Waals surface area contributed by atoms with Gasteiger partial charge in [-0.25, -0.2) is 14.8 Å². The van der Waals surface area contributed by atoms with Gasteiger partial charge in [0.25, 0.3) is 0 Å². The van der Waals surface area contributed by atoms with Gasteiger partial charge in [0.2, 0.25) is 5.88 Å². The van der Waals surface area contributed by atoms with Crippen molar-refractivity contribution in [2.45, 2.75) is 0 Å². The van der Waals surface area contributed by atoms with Gasteiger partial charge in [-0.3, -0.25) is 4.57 Å². The molecular formula is C12H10N4O2. The topological polar surface area (TPSA) is 83.3 Å². The molecule has 90 valence electrons. The molecule has 1 aliphatic rings. The number of nitrogens with one attached hydrogen (secondary N) is 1. The van der Waals surface area contributed by atoms with Gasteiger partial charge in [0.05, 0.1) is 0 Å². The van der Waals surface area contributed by atoms with E-state index in [0.717, 1.165) is 15.7 Å². The first-order valence-corrected chi connectivity index (χ1v) is 5.36. The van der Waals surface area contributed by atoms with Crippen LogP contribution in [0.5, 0.6) is 5.88 Å². The zero-order chi connectivity index (χ0) is 12.7. The summed E-state index contributed by atoms with van der Waals surface area (Å²) in [4.78, 5) is 22.2. The van der Waals surface area contributed by atoms with Crippen molar-refractivity contribution in [3.8, 4) is 5.88 Å². The van der Waals surface area contributed by atoms with Crippen LogP contribution in [0.4, 0.5) is 5.82 Å². The highest BCUT2D eigenvalue weighted by molar-refractivity contribution is 6.20. The second kappa shape index (κ2) is 3.69. The summed E-state index contributed by atoms with van der Waals surface area (Å²) in [6, 6.07) is 3.70. The number of aromatic amines is 1. The number of aliphatic imine (C=N–C) groups is 1. The van der Waals surface area contributed by atoms with Crippen molar-refractivity contribution in [1.29, 1.82) is 0 Å². The lowest BCUT2D eigenvalue weighted by Gasteiger charge is -1.97. The number of fused-ring (bicyclic) bond motifs is 1. The van der Waals surface area contributed by atoms with Crippen LogP contribution in [-0.4, -0.2) is 25.9 Å². The van der Waals surface area contributed by atoms with Crippen LogP contribution in [0.1, 0.15) is 11.3 Å². The largest absolute Gasteiger partial charge is 0.493 e. The number of aromatic nitrogens is 3. The molecule has 3 heterocycles. The highest BCUT2D eigenvalue weighted by Gasteiger charge is 2.14. The van der Waals surface area contributed by atoms with E-state index in [4.69, 9.17) is 0 Å². The van der Waals surface area contributed by atoms with Gasteiger partial charge in [-0.05, 0) is 18.2 Å². The fourth-order valence-corrected chi connectivity index (χ4v) is 1.83.